The molecule has 1 aliphatic rings. The van der Waals surface area contributed by atoms with Crippen LogP contribution >= 0.6 is 0 Å². The van der Waals surface area contributed by atoms with Gasteiger partial charge in [-0.2, -0.15) is 0 Å². The van der Waals surface area contributed by atoms with Gasteiger partial charge in [0.25, 0.3) is 0 Å². The molecule has 2 N–H and O–H groups in total. The van der Waals surface area contributed by atoms with Crippen LogP contribution in [0.4, 0.5) is 0 Å². The lowest BCUT2D eigenvalue weighted by atomic mass is 9.92. The second-order valence-corrected chi connectivity index (χ2v) is 5.20. The molecule has 2 rings (SSSR count). The number of carboxylic acid groups (broad SMARTS) is 1. The first-order valence-corrected chi connectivity index (χ1v) is 6.83. The highest BCUT2D eigenvalue weighted by Crippen LogP contribution is 2.34. The first kappa shape index (κ1) is 14.1. The minimum atomic E-state index is -1.10. The topological polar surface area (TPSA) is 73.9 Å². The van der Waals surface area contributed by atoms with Gasteiger partial charge in [0.1, 0.15) is 11.4 Å². The van der Waals surface area contributed by atoms with Gasteiger partial charge < -0.3 is 19.5 Å². The Hall–Kier alpha value is -1.33. The Bertz CT molecular complexity index is 442. The third-order valence-corrected chi connectivity index (χ3v) is 3.72. The normalized spacial score (nSPS) is 25.2. The zero-order valence-electron chi connectivity index (χ0n) is 11.3. The monoisotopic (exact) mass is 267 g/mol. The van der Waals surface area contributed by atoms with E-state index in [2.05, 4.69) is 11.8 Å². The average molecular weight is 267 g/mol. The third-order valence-electron chi connectivity index (χ3n) is 3.72. The second kappa shape index (κ2) is 5.75. The van der Waals surface area contributed by atoms with Crippen LogP contribution in [0.5, 0.6) is 0 Å². The number of aromatic carboxylic acids is 1. The molecule has 1 saturated heterocycles. The Morgan fingerprint density at radius 2 is 2.21 bits per heavy atom. The maximum atomic E-state index is 10.8. The highest BCUT2D eigenvalue weighted by molar-refractivity contribution is 5.84. The molecule has 0 amide bonds. The first-order chi connectivity index (χ1) is 9.05. The van der Waals surface area contributed by atoms with Crippen molar-refractivity contribution in [2.24, 2.45) is 0 Å². The number of carbonyl (C=O) groups is 1. The lowest BCUT2D eigenvalue weighted by Crippen LogP contribution is -2.29. The summed E-state index contributed by atoms with van der Waals surface area (Å²) < 4.78 is 5.27. The molecule has 1 aromatic rings. The van der Waals surface area contributed by atoms with Crippen LogP contribution in [0.3, 0.4) is 0 Å². The highest BCUT2D eigenvalue weighted by Gasteiger charge is 2.35. The fraction of sp³-hybridized carbons (Fsp3) is 0.643. The lowest BCUT2D eigenvalue weighted by molar-refractivity contribution is -0.000811. The molecule has 0 aromatic carbocycles. The maximum Gasteiger partial charge on any atom is 0.371 e. The van der Waals surface area contributed by atoms with Gasteiger partial charge >= 0.3 is 5.97 Å². The summed E-state index contributed by atoms with van der Waals surface area (Å²) in [6.07, 6.45) is 3.18. The number of rotatable bonds is 4. The van der Waals surface area contributed by atoms with Crippen molar-refractivity contribution in [1.82, 2.24) is 4.90 Å². The number of likely N-dealkylation sites (tertiary alicyclic amines) is 1. The Labute approximate surface area is 112 Å². The lowest BCUT2D eigenvalue weighted by Gasteiger charge is -2.24. The predicted octanol–water partition coefficient (Wildman–Crippen LogP) is 2.06. The van der Waals surface area contributed by atoms with Crippen LogP contribution in [0.25, 0.3) is 0 Å². The molecule has 1 aliphatic heterocycles. The number of carboxylic acids is 1. The smallest absolute Gasteiger partial charge is 0.371 e. The molecule has 0 radical (unpaired) electrons. The van der Waals surface area contributed by atoms with E-state index in [-0.39, 0.29) is 5.76 Å². The summed E-state index contributed by atoms with van der Waals surface area (Å²) in [5, 5.41) is 19.6. The van der Waals surface area contributed by atoms with E-state index >= 15 is 0 Å². The fourth-order valence-electron chi connectivity index (χ4n) is 2.66. The van der Waals surface area contributed by atoms with Gasteiger partial charge in [0.15, 0.2) is 0 Å². The molecule has 1 atom stereocenters. The van der Waals surface area contributed by atoms with Crippen LogP contribution in [0, 0.1) is 0 Å². The summed E-state index contributed by atoms with van der Waals surface area (Å²) >= 11 is 0. The Kier molecular flexibility index (Phi) is 4.27. The van der Waals surface area contributed by atoms with E-state index in [0.717, 1.165) is 32.5 Å². The number of nitrogens with zero attached hydrogens (tertiary/aromatic N) is 1. The molecule has 0 spiro atoms. The van der Waals surface area contributed by atoms with Crippen LogP contribution in [-0.4, -0.2) is 40.7 Å². The molecule has 5 heteroatoms. The Balaban J connectivity index is 2.10. The van der Waals surface area contributed by atoms with E-state index in [1.54, 1.807) is 6.07 Å². The minimum absolute atomic E-state index is 0.113. The molecule has 1 aromatic heterocycles. The van der Waals surface area contributed by atoms with Gasteiger partial charge in [-0.3, -0.25) is 0 Å². The van der Waals surface area contributed by atoms with Crippen molar-refractivity contribution in [2.75, 3.05) is 19.6 Å². The molecule has 1 fully saturated rings. The number of hydrogen-bond acceptors (Lipinski definition) is 4. The summed E-state index contributed by atoms with van der Waals surface area (Å²) in [6, 6.07) is 2.99. The van der Waals surface area contributed by atoms with Crippen molar-refractivity contribution in [3.05, 3.63) is 23.7 Å². The highest BCUT2D eigenvalue weighted by atomic mass is 16.4. The van der Waals surface area contributed by atoms with E-state index in [9.17, 15) is 9.90 Å². The van der Waals surface area contributed by atoms with E-state index in [1.165, 1.54) is 6.07 Å². The SMILES string of the molecule is CCCN1CCCC(O)(c2ccc(C(=O)O)o2)CC1. The molecule has 19 heavy (non-hydrogen) atoms. The van der Waals surface area contributed by atoms with Crippen LogP contribution < -0.4 is 0 Å². The number of furan rings is 1. The van der Waals surface area contributed by atoms with Gasteiger partial charge in [0, 0.05) is 6.54 Å². The van der Waals surface area contributed by atoms with Crippen LogP contribution in [0.15, 0.2) is 16.5 Å². The molecule has 0 bridgehead atoms. The van der Waals surface area contributed by atoms with E-state index < -0.39 is 11.6 Å². The Morgan fingerprint density at radius 3 is 2.84 bits per heavy atom. The van der Waals surface area contributed by atoms with Gasteiger partial charge in [-0.25, -0.2) is 4.79 Å². The summed E-state index contributed by atoms with van der Waals surface area (Å²) in [5.74, 6) is -0.836. The number of aliphatic hydroxyl groups is 1. The van der Waals surface area contributed by atoms with Crippen molar-refractivity contribution in [3.8, 4) is 0 Å². The van der Waals surface area contributed by atoms with Gasteiger partial charge in [0.05, 0.1) is 0 Å². The van der Waals surface area contributed by atoms with Crippen molar-refractivity contribution in [2.45, 2.75) is 38.2 Å². The molecule has 1 unspecified atom stereocenters. The summed E-state index contributed by atoms with van der Waals surface area (Å²) in [6.45, 7) is 4.97. The third kappa shape index (κ3) is 3.16. The van der Waals surface area contributed by atoms with Gasteiger partial charge in [0.2, 0.25) is 5.76 Å². The molecular formula is C14H21NO4. The molecule has 0 aliphatic carbocycles. The van der Waals surface area contributed by atoms with E-state index in [4.69, 9.17) is 9.52 Å². The van der Waals surface area contributed by atoms with Crippen molar-refractivity contribution < 1.29 is 19.4 Å². The number of hydrogen-bond donors (Lipinski definition) is 2. The molecule has 2 heterocycles. The Morgan fingerprint density at radius 1 is 1.42 bits per heavy atom. The largest absolute Gasteiger partial charge is 0.475 e. The second-order valence-electron chi connectivity index (χ2n) is 5.20. The average Bonchev–Trinajstić information content (AvgIpc) is 2.79. The molecule has 106 valence electrons. The maximum absolute atomic E-state index is 10.8. The summed E-state index contributed by atoms with van der Waals surface area (Å²) in [5.41, 5.74) is -1.03. The molecule has 5 nitrogen and oxygen atoms in total. The van der Waals surface area contributed by atoms with Crippen molar-refractivity contribution >= 4 is 5.97 Å². The molecular weight excluding hydrogens is 246 g/mol. The van der Waals surface area contributed by atoms with Gasteiger partial charge in [-0.1, -0.05) is 6.92 Å². The van der Waals surface area contributed by atoms with Crippen molar-refractivity contribution in [1.29, 1.82) is 0 Å². The van der Waals surface area contributed by atoms with E-state index in [1.807, 2.05) is 0 Å². The van der Waals surface area contributed by atoms with E-state index in [0.29, 0.717) is 18.6 Å². The van der Waals surface area contributed by atoms with Crippen LogP contribution in [-0.2, 0) is 5.60 Å². The fourth-order valence-corrected chi connectivity index (χ4v) is 2.66. The minimum Gasteiger partial charge on any atom is -0.475 e. The predicted molar refractivity (Wildman–Crippen MR) is 70.1 cm³/mol. The zero-order chi connectivity index (χ0) is 13.9. The quantitative estimate of drug-likeness (QED) is 0.873. The van der Waals surface area contributed by atoms with Crippen LogP contribution in [0.2, 0.25) is 0 Å². The standard InChI is InChI=1S/C14H21NO4/c1-2-8-15-9-3-6-14(18,7-10-15)12-5-4-11(19-12)13(16)17/h4-5,18H,2-3,6-10H2,1H3,(H,16,17). The summed E-state index contributed by atoms with van der Waals surface area (Å²) in [4.78, 5) is 13.2. The molecule has 0 saturated carbocycles. The van der Waals surface area contributed by atoms with Gasteiger partial charge in [-0.15, -0.1) is 0 Å². The summed E-state index contributed by atoms with van der Waals surface area (Å²) in [7, 11) is 0. The first-order valence-electron chi connectivity index (χ1n) is 6.83. The van der Waals surface area contributed by atoms with Crippen molar-refractivity contribution in [3.63, 3.8) is 0 Å². The van der Waals surface area contributed by atoms with Gasteiger partial charge in [-0.05, 0) is 50.9 Å². The van der Waals surface area contributed by atoms with Crippen LogP contribution in [0.1, 0.15) is 48.9 Å². The zero-order valence-corrected chi connectivity index (χ0v) is 11.3.